The minimum Gasteiger partial charge on any atom is -0.381 e. The Morgan fingerprint density at radius 3 is 2.89 bits per heavy atom. The number of nitrogens with one attached hydrogen (secondary N) is 1. The number of hydrogen-bond donors (Lipinski definition) is 2. The van der Waals surface area contributed by atoms with E-state index in [9.17, 15) is 9.59 Å². The first-order valence-electron chi connectivity index (χ1n) is 9.29. The molecule has 3 heterocycles. The van der Waals surface area contributed by atoms with E-state index in [0.717, 1.165) is 48.3 Å². The van der Waals surface area contributed by atoms with Crippen molar-refractivity contribution in [2.24, 2.45) is 18.7 Å². The van der Waals surface area contributed by atoms with Crippen LogP contribution < -0.4 is 16.7 Å². The van der Waals surface area contributed by atoms with E-state index in [1.54, 1.807) is 11.6 Å². The number of thiazole rings is 1. The Morgan fingerprint density at radius 2 is 2.14 bits per heavy atom. The minimum atomic E-state index is -0.273. The highest BCUT2D eigenvalue weighted by Gasteiger charge is 2.19. The predicted octanol–water partition coefficient (Wildman–Crippen LogP) is 1.79. The van der Waals surface area contributed by atoms with Crippen LogP contribution in [0.15, 0.2) is 28.4 Å². The van der Waals surface area contributed by atoms with Gasteiger partial charge in [-0.1, -0.05) is 6.07 Å². The number of ether oxygens (including phenoxy) is 1. The van der Waals surface area contributed by atoms with Crippen molar-refractivity contribution in [1.29, 1.82) is 0 Å². The van der Waals surface area contributed by atoms with Gasteiger partial charge in [-0.2, -0.15) is 0 Å². The Morgan fingerprint density at radius 1 is 1.36 bits per heavy atom. The fraction of sp³-hybridized carbons (Fsp3) is 0.421. The summed E-state index contributed by atoms with van der Waals surface area (Å²) < 4.78 is 8.98. The number of aromatic nitrogens is 3. The van der Waals surface area contributed by atoms with Gasteiger partial charge in [-0.05, 0) is 30.9 Å². The molecule has 0 aliphatic carbocycles. The standard InChI is InChI=1S/C19H23N5O3S/c1-23-15-3-2-13(14-11-28-18(21-14)22-17(25)9-20)8-16(15)24(19(23)26)10-12-4-6-27-7-5-12/h2-3,8,11-12H,4-7,9-10,20H2,1H3,(H,21,22,25). The van der Waals surface area contributed by atoms with Gasteiger partial charge in [0, 0.05) is 37.7 Å². The van der Waals surface area contributed by atoms with Crippen LogP contribution in [-0.2, 0) is 23.1 Å². The monoisotopic (exact) mass is 401 g/mol. The number of nitrogens with zero attached hydrogens (tertiary/aromatic N) is 3. The molecule has 0 atom stereocenters. The van der Waals surface area contributed by atoms with Crippen molar-refractivity contribution in [1.82, 2.24) is 14.1 Å². The average molecular weight is 401 g/mol. The van der Waals surface area contributed by atoms with Crippen LogP contribution in [0.5, 0.6) is 0 Å². The maximum atomic E-state index is 12.8. The molecule has 0 spiro atoms. The number of hydrogen-bond acceptors (Lipinski definition) is 6. The fourth-order valence-electron chi connectivity index (χ4n) is 3.57. The molecule has 4 rings (SSSR count). The van der Waals surface area contributed by atoms with Gasteiger partial charge >= 0.3 is 5.69 Å². The second kappa shape index (κ2) is 7.86. The zero-order valence-corrected chi connectivity index (χ0v) is 16.5. The number of benzene rings is 1. The molecule has 1 fully saturated rings. The van der Waals surface area contributed by atoms with Gasteiger partial charge in [0.2, 0.25) is 5.91 Å². The van der Waals surface area contributed by atoms with Crippen molar-refractivity contribution in [2.45, 2.75) is 19.4 Å². The Balaban J connectivity index is 1.69. The zero-order valence-electron chi connectivity index (χ0n) is 15.7. The molecule has 0 saturated carbocycles. The first-order chi connectivity index (χ1) is 13.6. The second-order valence-electron chi connectivity index (χ2n) is 7.00. The lowest BCUT2D eigenvalue weighted by molar-refractivity contribution is -0.114. The normalized spacial score (nSPS) is 15.2. The summed E-state index contributed by atoms with van der Waals surface area (Å²) >= 11 is 1.35. The number of imidazole rings is 1. The number of nitrogens with two attached hydrogens (primary N) is 1. The molecular weight excluding hydrogens is 378 g/mol. The largest absolute Gasteiger partial charge is 0.381 e. The molecule has 2 aromatic heterocycles. The van der Waals surface area contributed by atoms with Crippen molar-refractivity contribution in [3.05, 3.63) is 34.1 Å². The van der Waals surface area contributed by atoms with Crippen LogP contribution in [0.2, 0.25) is 0 Å². The van der Waals surface area contributed by atoms with E-state index in [1.165, 1.54) is 11.3 Å². The molecule has 148 valence electrons. The highest BCUT2D eigenvalue weighted by Crippen LogP contribution is 2.28. The van der Waals surface area contributed by atoms with Crippen LogP contribution in [0.25, 0.3) is 22.3 Å². The number of anilines is 1. The molecule has 1 aliphatic heterocycles. The smallest absolute Gasteiger partial charge is 0.328 e. The summed E-state index contributed by atoms with van der Waals surface area (Å²) in [6.07, 6.45) is 1.94. The third-order valence-electron chi connectivity index (χ3n) is 5.16. The predicted molar refractivity (Wildman–Crippen MR) is 110 cm³/mol. The van der Waals surface area contributed by atoms with Gasteiger partial charge in [0.1, 0.15) is 0 Å². The van der Waals surface area contributed by atoms with Gasteiger partial charge in [0.15, 0.2) is 5.13 Å². The van der Waals surface area contributed by atoms with Gasteiger partial charge in [-0.3, -0.25) is 13.9 Å². The lowest BCUT2D eigenvalue weighted by Gasteiger charge is -2.22. The number of aryl methyl sites for hydroxylation is 1. The minimum absolute atomic E-state index is 0.00665. The quantitative estimate of drug-likeness (QED) is 0.678. The summed E-state index contributed by atoms with van der Waals surface area (Å²) in [6.45, 7) is 2.12. The molecule has 3 N–H and O–H groups in total. The van der Waals surface area contributed by atoms with E-state index in [0.29, 0.717) is 17.6 Å². The van der Waals surface area contributed by atoms with Crippen LogP contribution in [-0.4, -0.2) is 39.8 Å². The van der Waals surface area contributed by atoms with Gasteiger partial charge in [0.05, 0.1) is 23.3 Å². The fourth-order valence-corrected chi connectivity index (χ4v) is 4.30. The summed E-state index contributed by atoms with van der Waals surface area (Å²) in [4.78, 5) is 28.7. The Kier molecular flexibility index (Phi) is 5.29. The van der Waals surface area contributed by atoms with Crippen molar-refractivity contribution < 1.29 is 9.53 Å². The topological polar surface area (TPSA) is 104 Å². The van der Waals surface area contributed by atoms with E-state index < -0.39 is 0 Å². The van der Waals surface area contributed by atoms with E-state index >= 15 is 0 Å². The maximum Gasteiger partial charge on any atom is 0.328 e. The van der Waals surface area contributed by atoms with Crippen LogP contribution >= 0.6 is 11.3 Å². The van der Waals surface area contributed by atoms with E-state index in [2.05, 4.69) is 10.3 Å². The van der Waals surface area contributed by atoms with Crippen LogP contribution in [0, 0.1) is 5.92 Å². The number of carbonyl (C=O) groups is 1. The summed E-state index contributed by atoms with van der Waals surface area (Å²) in [6, 6.07) is 5.90. The highest BCUT2D eigenvalue weighted by atomic mass is 32.1. The zero-order chi connectivity index (χ0) is 19.7. The Hall–Kier alpha value is -2.49. The van der Waals surface area contributed by atoms with Gasteiger partial charge in [0.25, 0.3) is 0 Å². The molecule has 1 saturated heterocycles. The first-order valence-corrected chi connectivity index (χ1v) is 10.2. The van der Waals surface area contributed by atoms with E-state index in [4.69, 9.17) is 10.5 Å². The molecule has 8 nitrogen and oxygen atoms in total. The van der Waals surface area contributed by atoms with E-state index in [1.807, 2.05) is 28.1 Å². The van der Waals surface area contributed by atoms with Crippen molar-refractivity contribution in [3.63, 3.8) is 0 Å². The molecule has 3 aromatic rings. The first kappa shape index (κ1) is 18.9. The third-order valence-corrected chi connectivity index (χ3v) is 5.92. The molecule has 1 aromatic carbocycles. The van der Waals surface area contributed by atoms with Gasteiger partial charge in [-0.25, -0.2) is 9.78 Å². The van der Waals surface area contributed by atoms with Crippen LogP contribution in [0.3, 0.4) is 0 Å². The summed E-state index contributed by atoms with van der Waals surface area (Å²) in [5.41, 5.74) is 8.79. The van der Waals surface area contributed by atoms with Gasteiger partial charge < -0.3 is 15.8 Å². The molecule has 0 unspecified atom stereocenters. The molecule has 9 heteroatoms. The van der Waals surface area contributed by atoms with Crippen molar-refractivity contribution in [3.8, 4) is 11.3 Å². The van der Waals surface area contributed by atoms with Gasteiger partial charge in [-0.15, -0.1) is 11.3 Å². The Bertz CT molecular complexity index is 1060. The summed E-state index contributed by atoms with van der Waals surface area (Å²) in [5, 5.41) is 5.07. The maximum absolute atomic E-state index is 12.8. The highest BCUT2D eigenvalue weighted by molar-refractivity contribution is 7.14. The second-order valence-corrected chi connectivity index (χ2v) is 7.86. The molecule has 28 heavy (non-hydrogen) atoms. The average Bonchev–Trinajstić information content (AvgIpc) is 3.27. The number of rotatable bonds is 5. The molecular formula is C19H23N5O3S. The molecule has 1 aliphatic rings. The SMILES string of the molecule is Cn1c(=O)n(CC2CCOCC2)c2cc(-c3csc(NC(=O)CN)n3)ccc21. The summed E-state index contributed by atoms with van der Waals surface area (Å²) in [5.74, 6) is 0.169. The lowest BCUT2D eigenvalue weighted by Crippen LogP contribution is -2.28. The third kappa shape index (κ3) is 3.60. The number of fused-ring (bicyclic) bond motifs is 1. The van der Waals surface area contributed by atoms with Crippen molar-refractivity contribution >= 4 is 33.4 Å². The van der Waals surface area contributed by atoms with E-state index in [-0.39, 0.29) is 18.1 Å². The molecule has 1 amide bonds. The van der Waals surface area contributed by atoms with Crippen LogP contribution in [0.1, 0.15) is 12.8 Å². The Labute approximate surface area is 165 Å². The number of amides is 1. The lowest BCUT2D eigenvalue weighted by atomic mass is 10.0. The number of carbonyl (C=O) groups excluding carboxylic acids is 1. The molecule has 0 radical (unpaired) electrons. The van der Waals surface area contributed by atoms with Crippen molar-refractivity contribution in [2.75, 3.05) is 25.1 Å². The van der Waals surface area contributed by atoms with Crippen LogP contribution in [0.4, 0.5) is 5.13 Å². The molecule has 0 bridgehead atoms. The summed E-state index contributed by atoms with van der Waals surface area (Å²) in [7, 11) is 1.80.